The highest BCUT2D eigenvalue weighted by Gasteiger charge is 2.56. The average molecular weight is 938 g/mol. The van der Waals surface area contributed by atoms with Crippen molar-refractivity contribution in [3.8, 4) is 17.2 Å². The molecule has 6 amide bonds. The zero-order chi connectivity index (χ0) is 47.6. The fourth-order valence-corrected chi connectivity index (χ4v) is 10.3. The van der Waals surface area contributed by atoms with Crippen LogP contribution >= 0.6 is 0 Å². The molecule has 10 rings (SSSR count). The lowest BCUT2D eigenvalue weighted by Crippen LogP contribution is -2.49. The molecule has 5 fully saturated rings. The minimum atomic E-state index is -1.17. The highest BCUT2D eigenvalue weighted by Crippen LogP contribution is 2.48. The number of nitrogens with zero attached hydrogens (tertiary/aromatic N) is 5. The van der Waals surface area contributed by atoms with Crippen LogP contribution in [-0.4, -0.2) is 109 Å². The summed E-state index contributed by atoms with van der Waals surface area (Å²) in [5.41, 5.74) is 2.96. The summed E-state index contributed by atoms with van der Waals surface area (Å²) in [5.74, 6) is 1.03. The molecule has 4 aliphatic heterocycles. The van der Waals surface area contributed by atoms with Crippen molar-refractivity contribution >= 4 is 69.0 Å². The molecule has 0 radical (unpaired) electrons. The van der Waals surface area contributed by atoms with Gasteiger partial charge in [0.05, 0.1) is 18.3 Å². The molecule has 2 atom stereocenters. The summed E-state index contributed by atoms with van der Waals surface area (Å²) in [5, 5.41) is 11.7. The van der Waals surface area contributed by atoms with Crippen molar-refractivity contribution in [1.29, 1.82) is 0 Å². The molecule has 0 unspecified atom stereocenters. The summed E-state index contributed by atoms with van der Waals surface area (Å²) in [6, 6.07) is 26.1. The SMILES string of the molecule is COc1cc2c(Oc3ccc(NC(=O)C4(C(=O)Nc5ccc(F)cc5)CC4)cc3)ccnc2cc1N1CCC(CN2C[C@@H]3C[C@H]2CN3CCCC(=O)Nc2ccc(N3CCC(=O)NC3=O)cc2)CC1. The number of carbonyl (C=O) groups is 5. The molecule has 1 aliphatic carbocycles. The molecule has 4 N–H and O–H groups in total. The van der Waals surface area contributed by atoms with E-state index >= 15 is 0 Å². The number of anilines is 5. The van der Waals surface area contributed by atoms with Gasteiger partial charge < -0.3 is 30.3 Å². The largest absolute Gasteiger partial charge is 0.495 e. The Morgan fingerprint density at radius 2 is 1.45 bits per heavy atom. The van der Waals surface area contributed by atoms with Crippen LogP contribution in [0.1, 0.15) is 51.4 Å². The second-order valence-electron chi connectivity index (χ2n) is 18.9. The summed E-state index contributed by atoms with van der Waals surface area (Å²) in [6.45, 7) is 6.30. The van der Waals surface area contributed by atoms with Gasteiger partial charge in [0.1, 0.15) is 28.5 Å². The average Bonchev–Trinajstić information content (AvgIpc) is 3.96. The standard InChI is InChI=1S/C52H56FN9O7/c1-68-46-28-42-43(54-22-16-45(42)69-41-14-10-37(11-15-41)57-50(66)52(20-21-52)49(65)56-36-6-4-34(53)5-7-36)29-44(46)59-24-17-33(18-25-59)30-61-32-39-27-40(61)31-60(39)23-2-3-47(63)55-35-8-12-38(13-9-35)62-26-19-48(64)58-51(62)67/h4-16,22,28-29,33,39-40H,2-3,17-21,23-27,30-32H2,1H3,(H,55,63)(H,56,65)(H,57,66)(H,58,64,67)/t39-,40-/m0/s1. The molecule has 17 heteroatoms. The second-order valence-corrected chi connectivity index (χ2v) is 18.9. The molecular weight excluding hydrogens is 882 g/mol. The number of rotatable bonds is 16. The smallest absolute Gasteiger partial charge is 0.328 e. The number of imide groups is 1. The van der Waals surface area contributed by atoms with Gasteiger partial charge in [-0.05, 0) is 142 Å². The van der Waals surface area contributed by atoms with Crippen molar-refractivity contribution in [3.63, 3.8) is 0 Å². The Labute approximate surface area is 399 Å². The van der Waals surface area contributed by atoms with E-state index in [1.807, 2.05) is 12.1 Å². The number of methoxy groups -OCH3 is 1. The third-order valence-electron chi connectivity index (χ3n) is 14.3. The van der Waals surface area contributed by atoms with Crippen LogP contribution < -0.4 is 40.5 Å². The maximum Gasteiger partial charge on any atom is 0.328 e. The number of benzene rings is 4. The number of likely N-dealkylation sites (tertiary alicyclic amines) is 2. The number of aromatic nitrogens is 1. The van der Waals surface area contributed by atoms with Crippen LogP contribution in [0.5, 0.6) is 17.2 Å². The number of hydrogen-bond donors (Lipinski definition) is 4. The maximum absolute atomic E-state index is 13.3. The van der Waals surface area contributed by atoms with Gasteiger partial charge in [-0.1, -0.05) is 0 Å². The molecule has 1 saturated carbocycles. The minimum absolute atomic E-state index is 0.0267. The van der Waals surface area contributed by atoms with Crippen molar-refractivity contribution in [3.05, 3.63) is 103 Å². The lowest BCUT2D eigenvalue weighted by Gasteiger charge is -2.39. The third-order valence-corrected chi connectivity index (χ3v) is 14.3. The van der Waals surface area contributed by atoms with Crippen LogP contribution in [0.4, 0.5) is 37.6 Å². The van der Waals surface area contributed by atoms with Crippen LogP contribution in [0.15, 0.2) is 97.2 Å². The summed E-state index contributed by atoms with van der Waals surface area (Å²) >= 11 is 0. The first-order chi connectivity index (χ1) is 33.5. The highest BCUT2D eigenvalue weighted by molar-refractivity contribution is 6.17. The molecule has 5 heterocycles. The summed E-state index contributed by atoms with van der Waals surface area (Å²) < 4.78 is 25.6. The summed E-state index contributed by atoms with van der Waals surface area (Å²) in [6.07, 6.45) is 7.43. The molecule has 1 aromatic heterocycles. The van der Waals surface area contributed by atoms with Crippen molar-refractivity contribution in [2.24, 2.45) is 11.3 Å². The van der Waals surface area contributed by atoms with E-state index in [-0.39, 0.29) is 18.2 Å². The number of pyridine rings is 1. The Morgan fingerprint density at radius 1 is 0.797 bits per heavy atom. The van der Waals surface area contributed by atoms with Crippen molar-refractivity contribution in [2.75, 3.05) is 78.7 Å². The number of piperidine rings is 1. The number of halogens is 1. The van der Waals surface area contributed by atoms with Gasteiger partial charge in [-0.15, -0.1) is 0 Å². The van der Waals surface area contributed by atoms with Gasteiger partial charge in [-0.3, -0.25) is 44.2 Å². The molecule has 16 nitrogen and oxygen atoms in total. The molecule has 5 aromatic rings. The molecule has 358 valence electrons. The first-order valence-electron chi connectivity index (χ1n) is 23.9. The van der Waals surface area contributed by atoms with E-state index in [9.17, 15) is 28.4 Å². The fraction of sp³-hybridized carbons (Fsp3) is 0.385. The first kappa shape index (κ1) is 45.7. The molecular formula is C52H56FN9O7. The predicted octanol–water partition coefficient (Wildman–Crippen LogP) is 7.37. The van der Waals surface area contributed by atoms with Gasteiger partial charge >= 0.3 is 6.03 Å². The van der Waals surface area contributed by atoms with Gasteiger partial charge in [-0.2, -0.15) is 0 Å². The van der Waals surface area contributed by atoms with E-state index in [1.54, 1.807) is 61.8 Å². The highest BCUT2D eigenvalue weighted by atomic mass is 19.1. The molecule has 2 bridgehead atoms. The van der Waals surface area contributed by atoms with Crippen LogP contribution in [0, 0.1) is 17.2 Å². The zero-order valence-corrected chi connectivity index (χ0v) is 38.5. The van der Waals surface area contributed by atoms with E-state index in [0.717, 1.165) is 80.9 Å². The lowest BCUT2D eigenvalue weighted by molar-refractivity contribution is -0.131. The van der Waals surface area contributed by atoms with E-state index in [4.69, 9.17) is 14.5 Å². The Bertz CT molecular complexity index is 2740. The van der Waals surface area contributed by atoms with Gasteiger partial charge in [0, 0.05) is 98.5 Å². The van der Waals surface area contributed by atoms with E-state index in [2.05, 4.69) is 42.0 Å². The number of piperazine rings is 1. The normalized spacial score (nSPS) is 20.1. The molecule has 5 aliphatic rings. The van der Waals surface area contributed by atoms with Crippen molar-refractivity contribution in [2.45, 2.75) is 63.5 Å². The third kappa shape index (κ3) is 10.1. The van der Waals surface area contributed by atoms with E-state index in [1.165, 1.54) is 35.6 Å². The fourth-order valence-electron chi connectivity index (χ4n) is 10.3. The number of urea groups is 1. The number of hydrogen-bond acceptors (Lipinski definition) is 11. The molecule has 69 heavy (non-hydrogen) atoms. The minimum Gasteiger partial charge on any atom is -0.495 e. The Balaban J connectivity index is 0.667. The summed E-state index contributed by atoms with van der Waals surface area (Å²) in [4.78, 5) is 76.5. The number of nitrogens with one attached hydrogen (secondary N) is 4. The van der Waals surface area contributed by atoms with Crippen LogP contribution in [0.25, 0.3) is 10.9 Å². The van der Waals surface area contributed by atoms with Crippen molar-refractivity contribution in [1.82, 2.24) is 20.1 Å². The number of fused-ring (bicyclic) bond motifs is 3. The van der Waals surface area contributed by atoms with Gasteiger partial charge in [0.15, 0.2) is 0 Å². The van der Waals surface area contributed by atoms with Gasteiger partial charge in [0.2, 0.25) is 23.6 Å². The van der Waals surface area contributed by atoms with Gasteiger partial charge in [0.25, 0.3) is 0 Å². The Hall–Kier alpha value is -7.11. The first-order valence-corrected chi connectivity index (χ1v) is 23.9. The topological polar surface area (TPSA) is 178 Å². The van der Waals surface area contributed by atoms with Crippen LogP contribution in [0.2, 0.25) is 0 Å². The zero-order valence-electron chi connectivity index (χ0n) is 38.5. The molecule has 4 aromatic carbocycles. The molecule has 0 spiro atoms. The Morgan fingerprint density at radius 3 is 2.10 bits per heavy atom. The summed E-state index contributed by atoms with van der Waals surface area (Å²) in [7, 11) is 1.69. The second kappa shape index (κ2) is 19.5. The van der Waals surface area contributed by atoms with Gasteiger partial charge in [-0.25, -0.2) is 9.18 Å². The maximum atomic E-state index is 13.3. The number of carbonyl (C=O) groups excluding carboxylic acids is 5. The van der Waals surface area contributed by atoms with Crippen LogP contribution in [-0.2, 0) is 19.2 Å². The number of amides is 6. The van der Waals surface area contributed by atoms with Crippen molar-refractivity contribution < 1.29 is 37.8 Å². The molecule has 4 saturated heterocycles. The Kier molecular flexibility index (Phi) is 12.9. The van der Waals surface area contributed by atoms with Crippen LogP contribution in [0.3, 0.4) is 0 Å². The quantitative estimate of drug-likeness (QED) is 0.0727. The predicted molar refractivity (Wildman–Crippen MR) is 260 cm³/mol. The van der Waals surface area contributed by atoms with E-state index in [0.29, 0.717) is 78.1 Å². The monoisotopic (exact) mass is 937 g/mol. The van der Waals surface area contributed by atoms with E-state index < -0.39 is 29.1 Å². The lowest BCUT2D eigenvalue weighted by atomic mass is 9.95. The number of ether oxygens (including phenoxy) is 2.